The number of halogens is 1. The van der Waals surface area contributed by atoms with Crippen LogP contribution in [0.4, 0.5) is 4.39 Å². The summed E-state index contributed by atoms with van der Waals surface area (Å²) in [5.41, 5.74) is 6.03. The van der Waals surface area contributed by atoms with Crippen LogP contribution < -0.4 is 10.5 Å². The van der Waals surface area contributed by atoms with Crippen LogP contribution in [0.5, 0.6) is 5.75 Å². The Morgan fingerprint density at radius 3 is 2.75 bits per heavy atom. The van der Waals surface area contributed by atoms with Gasteiger partial charge in [0.1, 0.15) is 0 Å². The van der Waals surface area contributed by atoms with Gasteiger partial charge in [0.15, 0.2) is 11.6 Å². The highest BCUT2D eigenvalue weighted by atomic mass is 19.1. The third-order valence-corrected chi connectivity index (χ3v) is 3.87. The molecule has 0 atom stereocenters. The van der Waals surface area contributed by atoms with Gasteiger partial charge in [-0.1, -0.05) is 0 Å². The van der Waals surface area contributed by atoms with Crippen molar-refractivity contribution in [2.24, 2.45) is 11.7 Å². The molecular weight excluding hydrogens is 259 g/mol. The minimum absolute atomic E-state index is 0.0606. The van der Waals surface area contributed by atoms with Crippen molar-refractivity contribution in [3.63, 3.8) is 0 Å². The number of carbonyl (C=O) groups excluding carboxylic acids is 1. The van der Waals surface area contributed by atoms with Gasteiger partial charge in [-0.3, -0.25) is 4.79 Å². The normalized spacial score (nSPS) is 16.2. The standard InChI is InChI=1S/C15H21FN2O2/c1-20-14-10-12(2-3-13(14)16)15(19)18-8-5-11(4-7-17)6-9-18/h2-3,10-11H,4-9,17H2,1H3. The molecule has 1 saturated heterocycles. The van der Waals surface area contributed by atoms with Gasteiger partial charge >= 0.3 is 0 Å². The number of hydrogen-bond acceptors (Lipinski definition) is 3. The first kappa shape index (κ1) is 14.8. The third-order valence-electron chi connectivity index (χ3n) is 3.87. The van der Waals surface area contributed by atoms with Crippen molar-refractivity contribution in [1.82, 2.24) is 4.90 Å². The van der Waals surface area contributed by atoms with E-state index < -0.39 is 5.82 Å². The number of nitrogens with two attached hydrogens (primary N) is 1. The maximum atomic E-state index is 13.3. The Kier molecular flexibility index (Phi) is 4.95. The van der Waals surface area contributed by atoms with Gasteiger partial charge in [-0.05, 0) is 49.9 Å². The van der Waals surface area contributed by atoms with E-state index in [4.69, 9.17) is 10.5 Å². The number of rotatable bonds is 4. The first-order chi connectivity index (χ1) is 9.65. The van der Waals surface area contributed by atoms with E-state index in [0.29, 0.717) is 18.0 Å². The molecule has 0 bridgehead atoms. The SMILES string of the molecule is COc1cc(C(=O)N2CCC(CCN)CC2)ccc1F. The molecule has 0 spiro atoms. The summed E-state index contributed by atoms with van der Waals surface area (Å²) < 4.78 is 18.3. The zero-order valence-corrected chi connectivity index (χ0v) is 11.8. The number of ether oxygens (including phenoxy) is 1. The van der Waals surface area contributed by atoms with Crippen LogP contribution in [-0.2, 0) is 0 Å². The molecule has 1 fully saturated rings. The summed E-state index contributed by atoms with van der Waals surface area (Å²) in [5.74, 6) is 0.209. The molecule has 1 aliphatic heterocycles. The Labute approximate surface area is 118 Å². The Balaban J connectivity index is 2.02. The first-order valence-corrected chi connectivity index (χ1v) is 6.98. The van der Waals surface area contributed by atoms with Crippen LogP contribution >= 0.6 is 0 Å². The predicted molar refractivity (Wildman–Crippen MR) is 75.3 cm³/mol. The number of benzene rings is 1. The molecule has 2 N–H and O–H groups in total. The third kappa shape index (κ3) is 3.28. The molecule has 1 aromatic carbocycles. The summed E-state index contributed by atoms with van der Waals surface area (Å²) in [6.07, 6.45) is 2.99. The van der Waals surface area contributed by atoms with Gasteiger partial charge in [-0.2, -0.15) is 0 Å². The molecule has 2 rings (SSSR count). The van der Waals surface area contributed by atoms with Crippen molar-refractivity contribution in [3.8, 4) is 5.75 Å². The van der Waals surface area contributed by atoms with Gasteiger partial charge in [-0.25, -0.2) is 4.39 Å². The number of likely N-dealkylation sites (tertiary alicyclic amines) is 1. The zero-order valence-electron chi connectivity index (χ0n) is 11.8. The highest BCUT2D eigenvalue weighted by Gasteiger charge is 2.23. The van der Waals surface area contributed by atoms with Crippen LogP contribution in [0.3, 0.4) is 0 Å². The van der Waals surface area contributed by atoms with Gasteiger partial charge < -0.3 is 15.4 Å². The van der Waals surface area contributed by atoms with E-state index in [1.165, 1.54) is 25.3 Å². The summed E-state index contributed by atoms with van der Waals surface area (Å²) in [6, 6.07) is 4.24. The summed E-state index contributed by atoms with van der Waals surface area (Å²) >= 11 is 0. The smallest absolute Gasteiger partial charge is 0.253 e. The largest absolute Gasteiger partial charge is 0.494 e. The molecule has 5 heteroatoms. The van der Waals surface area contributed by atoms with Crippen molar-refractivity contribution in [3.05, 3.63) is 29.6 Å². The average Bonchev–Trinajstić information content (AvgIpc) is 2.48. The van der Waals surface area contributed by atoms with Gasteiger partial charge in [0.05, 0.1) is 7.11 Å². The summed E-state index contributed by atoms with van der Waals surface area (Å²) in [5, 5.41) is 0. The second-order valence-corrected chi connectivity index (χ2v) is 5.16. The zero-order chi connectivity index (χ0) is 14.5. The van der Waals surface area contributed by atoms with Crippen molar-refractivity contribution in [2.45, 2.75) is 19.3 Å². The van der Waals surface area contributed by atoms with Crippen LogP contribution in [0, 0.1) is 11.7 Å². The Bertz CT molecular complexity index is 471. The lowest BCUT2D eigenvalue weighted by Gasteiger charge is -2.32. The summed E-state index contributed by atoms with van der Waals surface area (Å²) in [7, 11) is 1.39. The average molecular weight is 280 g/mol. The van der Waals surface area contributed by atoms with Gasteiger partial charge in [0, 0.05) is 18.7 Å². The Morgan fingerprint density at radius 1 is 1.45 bits per heavy atom. The van der Waals surface area contributed by atoms with Crippen molar-refractivity contribution in [2.75, 3.05) is 26.7 Å². The predicted octanol–water partition coefficient (Wildman–Crippen LogP) is 2.04. The fourth-order valence-electron chi connectivity index (χ4n) is 2.64. The molecule has 0 aromatic heterocycles. The number of methoxy groups -OCH3 is 1. The maximum Gasteiger partial charge on any atom is 0.253 e. The van der Waals surface area contributed by atoms with Crippen LogP contribution in [-0.4, -0.2) is 37.6 Å². The number of amides is 1. The van der Waals surface area contributed by atoms with E-state index in [0.717, 1.165) is 32.4 Å². The van der Waals surface area contributed by atoms with Gasteiger partial charge in [0.25, 0.3) is 5.91 Å². The number of carbonyl (C=O) groups is 1. The first-order valence-electron chi connectivity index (χ1n) is 6.98. The lowest BCUT2D eigenvalue weighted by Crippen LogP contribution is -2.38. The van der Waals surface area contributed by atoms with Crippen LogP contribution in [0.15, 0.2) is 18.2 Å². The number of hydrogen-bond donors (Lipinski definition) is 1. The molecule has 4 nitrogen and oxygen atoms in total. The maximum absolute atomic E-state index is 13.3. The monoisotopic (exact) mass is 280 g/mol. The molecule has 1 aromatic rings. The Hall–Kier alpha value is -1.62. The van der Waals surface area contributed by atoms with E-state index in [1.807, 2.05) is 4.90 Å². The highest BCUT2D eigenvalue weighted by molar-refractivity contribution is 5.94. The fourth-order valence-corrected chi connectivity index (χ4v) is 2.64. The minimum Gasteiger partial charge on any atom is -0.494 e. The van der Waals surface area contributed by atoms with E-state index in [1.54, 1.807) is 0 Å². The molecule has 20 heavy (non-hydrogen) atoms. The molecular formula is C15H21FN2O2. The topological polar surface area (TPSA) is 55.6 Å². The molecule has 0 saturated carbocycles. The molecule has 0 radical (unpaired) electrons. The van der Waals surface area contributed by atoms with E-state index >= 15 is 0 Å². The fraction of sp³-hybridized carbons (Fsp3) is 0.533. The molecule has 1 aliphatic rings. The quantitative estimate of drug-likeness (QED) is 0.918. The highest BCUT2D eigenvalue weighted by Crippen LogP contribution is 2.23. The molecule has 110 valence electrons. The number of piperidine rings is 1. The lowest BCUT2D eigenvalue weighted by atomic mass is 9.93. The van der Waals surface area contributed by atoms with E-state index in [9.17, 15) is 9.18 Å². The van der Waals surface area contributed by atoms with E-state index in [-0.39, 0.29) is 11.7 Å². The summed E-state index contributed by atoms with van der Waals surface area (Å²) in [4.78, 5) is 14.2. The summed E-state index contributed by atoms with van der Waals surface area (Å²) in [6.45, 7) is 2.18. The van der Waals surface area contributed by atoms with Crippen molar-refractivity contribution >= 4 is 5.91 Å². The van der Waals surface area contributed by atoms with E-state index in [2.05, 4.69) is 0 Å². The lowest BCUT2D eigenvalue weighted by molar-refractivity contribution is 0.0687. The molecule has 0 aliphatic carbocycles. The van der Waals surface area contributed by atoms with Crippen LogP contribution in [0.25, 0.3) is 0 Å². The number of nitrogens with zero attached hydrogens (tertiary/aromatic N) is 1. The van der Waals surface area contributed by atoms with Crippen molar-refractivity contribution in [1.29, 1.82) is 0 Å². The van der Waals surface area contributed by atoms with Crippen LogP contribution in [0.1, 0.15) is 29.6 Å². The van der Waals surface area contributed by atoms with Gasteiger partial charge in [-0.15, -0.1) is 0 Å². The molecule has 0 unspecified atom stereocenters. The second kappa shape index (κ2) is 6.70. The molecule has 1 amide bonds. The molecule has 1 heterocycles. The second-order valence-electron chi connectivity index (χ2n) is 5.16. The van der Waals surface area contributed by atoms with Crippen LogP contribution in [0.2, 0.25) is 0 Å². The van der Waals surface area contributed by atoms with Crippen molar-refractivity contribution < 1.29 is 13.9 Å². The Morgan fingerprint density at radius 2 is 2.15 bits per heavy atom. The van der Waals surface area contributed by atoms with Gasteiger partial charge in [0.2, 0.25) is 0 Å². The minimum atomic E-state index is -0.453.